The number of hydrogen-bond donors (Lipinski definition) is 2. The number of primary amides is 1. The predicted octanol–water partition coefficient (Wildman–Crippen LogP) is 1.15. The quantitative estimate of drug-likeness (QED) is 0.626. The normalized spacial score (nSPS) is 12.1. The number of nitrogens with one attached hydrogen (secondary N) is 1. The maximum absolute atomic E-state index is 9.22. The molecular formula is C10H14N2O. The zero-order valence-corrected chi connectivity index (χ0v) is 7.71. The minimum atomic E-state index is -0.333. The van der Waals surface area contributed by atoms with Gasteiger partial charge in [-0.1, -0.05) is 18.2 Å². The second-order valence-electron chi connectivity index (χ2n) is 2.94. The van der Waals surface area contributed by atoms with Crippen molar-refractivity contribution >= 4 is 11.6 Å². The summed E-state index contributed by atoms with van der Waals surface area (Å²) in [6, 6.07) is 8.46. The highest BCUT2D eigenvalue weighted by atomic mass is 16.1. The van der Waals surface area contributed by atoms with Crippen molar-refractivity contribution in [2.75, 3.05) is 11.9 Å². The van der Waals surface area contributed by atoms with Gasteiger partial charge in [0.1, 0.15) is 0 Å². The lowest BCUT2D eigenvalue weighted by atomic mass is 10.2. The Bertz CT molecular complexity index is 270. The van der Waals surface area contributed by atoms with Crippen molar-refractivity contribution in [3.05, 3.63) is 29.8 Å². The Morgan fingerprint density at radius 2 is 2.08 bits per heavy atom. The molecule has 0 saturated heterocycles. The fourth-order valence-corrected chi connectivity index (χ4v) is 1.24. The first-order chi connectivity index (χ1) is 6.20. The van der Waals surface area contributed by atoms with Crippen LogP contribution >= 0.6 is 0 Å². The van der Waals surface area contributed by atoms with Crippen molar-refractivity contribution in [1.29, 1.82) is 0 Å². The number of carbonyl (C=O) groups is 1. The number of amides is 1. The third-order valence-corrected chi connectivity index (χ3v) is 1.73. The van der Waals surface area contributed by atoms with E-state index in [-0.39, 0.29) is 5.91 Å². The first-order valence-corrected chi connectivity index (χ1v) is 4.28. The Hall–Kier alpha value is -1.51. The van der Waals surface area contributed by atoms with E-state index >= 15 is 0 Å². The molecule has 0 fully saturated rings. The Morgan fingerprint density at radius 3 is 2.69 bits per heavy atom. The van der Waals surface area contributed by atoms with E-state index in [9.17, 15) is 4.79 Å². The van der Waals surface area contributed by atoms with Crippen molar-refractivity contribution in [3.63, 3.8) is 0 Å². The van der Waals surface area contributed by atoms with Crippen LogP contribution in [0.5, 0.6) is 0 Å². The average Bonchev–Trinajstić information content (AvgIpc) is 2.49. The highest BCUT2D eigenvalue weighted by Gasteiger charge is 2.05. The van der Waals surface area contributed by atoms with Crippen LogP contribution < -0.4 is 11.1 Å². The molecule has 0 aliphatic carbocycles. The molecule has 3 heteroatoms. The van der Waals surface area contributed by atoms with Gasteiger partial charge in [0.05, 0.1) is 0 Å². The first-order valence-electron chi connectivity index (χ1n) is 4.28. The van der Waals surface area contributed by atoms with Gasteiger partial charge in [0, 0.05) is 19.2 Å². The standard InChI is InChI=1S/C8H9N.C2H5NO/c1-2-4-8-7(3-1)5-6-9-8;1-2(3)4/h1-4,9H,5-6H2;1H3,(H2,3,4). The summed E-state index contributed by atoms with van der Waals surface area (Å²) in [5.74, 6) is -0.333. The second-order valence-corrected chi connectivity index (χ2v) is 2.94. The van der Waals surface area contributed by atoms with Gasteiger partial charge in [0.2, 0.25) is 5.91 Å². The van der Waals surface area contributed by atoms with Gasteiger partial charge in [-0.25, -0.2) is 0 Å². The molecule has 3 N–H and O–H groups in total. The van der Waals surface area contributed by atoms with Crippen LogP contribution in [0.2, 0.25) is 0 Å². The summed E-state index contributed by atoms with van der Waals surface area (Å²) in [7, 11) is 0. The lowest BCUT2D eigenvalue weighted by Gasteiger charge is -1.94. The van der Waals surface area contributed by atoms with Crippen LogP contribution in [0.25, 0.3) is 0 Å². The van der Waals surface area contributed by atoms with Crippen molar-refractivity contribution in [1.82, 2.24) is 0 Å². The molecule has 0 atom stereocenters. The number of anilines is 1. The van der Waals surface area contributed by atoms with E-state index in [1.54, 1.807) is 0 Å². The number of fused-ring (bicyclic) bond motifs is 1. The SMILES string of the molecule is CC(N)=O.c1ccc2c(c1)CCN2. The summed E-state index contributed by atoms with van der Waals surface area (Å²) in [6.45, 7) is 2.42. The highest BCUT2D eigenvalue weighted by Crippen LogP contribution is 2.19. The molecule has 0 unspecified atom stereocenters. The van der Waals surface area contributed by atoms with Crippen LogP contribution in [0.15, 0.2) is 24.3 Å². The predicted molar refractivity (Wildman–Crippen MR) is 53.5 cm³/mol. The van der Waals surface area contributed by atoms with Crippen molar-refractivity contribution in [3.8, 4) is 0 Å². The Kier molecular flexibility index (Phi) is 3.31. The van der Waals surface area contributed by atoms with Gasteiger partial charge in [-0.05, 0) is 18.1 Å². The molecular weight excluding hydrogens is 164 g/mol. The smallest absolute Gasteiger partial charge is 0.214 e. The number of benzene rings is 1. The summed E-state index contributed by atoms with van der Waals surface area (Å²) < 4.78 is 0. The van der Waals surface area contributed by atoms with Gasteiger partial charge in [0.25, 0.3) is 0 Å². The topological polar surface area (TPSA) is 55.1 Å². The van der Waals surface area contributed by atoms with Gasteiger partial charge in [0.15, 0.2) is 0 Å². The van der Waals surface area contributed by atoms with E-state index in [2.05, 4.69) is 35.3 Å². The Morgan fingerprint density at radius 1 is 1.46 bits per heavy atom. The lowest BCUT2D eigenvalue weighted by molar-refractivity contribution is -0.115. The average molecular weight is 178 g/mol. The fourth-order valence-electron chi connectivity index (χ4n) is 1.24. The van der Waals surface area contributed by atoms with Crippen molar-refractivity contribution in [2.24, 2.45) is 5.73 Å². The van der Waals surface area contributed by atoms with Crippen molar-refractivity contribution < 1.29 is 4.79 Å². The van der Waals surface area contributed by atoms with E-state index in [4.69, 9.17) is 0 Å². The molecule has 2 rings (SSSR count). The lowest BCUT2D eigenvalue weighted by Crippen LogP contribution is -2.01. The number of carbonyl (C=O) groups excluding carboxylic acids is 1. The molecule has 0 saturated carbocycles. The van der Waals surface area contributed by atoms with Crippen molar-refractivity contribution in [2.45, 2.75) is 13.3 Å². The highest BCUT2D eigenvalue weighted by molar-refractivity contribution is 5.70. The van der Waals surface area contributed by atoms with E-state index in [0.717, 1.165) is 6.54 Å². The minimum absolute atomic E-state index is 0.333. The van der Waals surface area contributed by atoms with Crippen LogP contribution in [0, 0.1) is 0 Å². The molecule has 3 nitrogen and oxygen atoms in total. The number of rotatable bonds is 0. The Balaban J connectivity index is 0.000000184. The van der Waals surface area contributed by atoms with E-state index in [0.29, 0.717) is 0 Å². The van der Waals surface area contributed by atoms with Crippen LogP contribution in [-0.2, 0) is 11.2 Å². The monoisotopic (exact) mass is 178 g/mol. The van der Waals surface area contributed by atoms with Gasteiger partial charge < -0.3 is 11.1 Å². The molecule has 1 amide bonds. The van der Waals surface area contributed by atoms with Gasteiger partial charge in [-0.2, -0.15) is 0 Å². The third kappa shape index (κ3) is 3.15. The summed E-state index contributed by atoms with van der Waals surface area (Å²) in [5.41, 5.74) is 7.25. The molecule has 1 aromatic rings. The van der Waals surface area contributed by atoms with Crippen LogP contribution in [-0.4, -0.2) is 12.5 Å². The van der Waals surface area contributed by atoms with Gasteiger partial charge >= 0.3 is 0 Å². The van der Waals surface area contributed by atoms with Gasteiger partial charge in [-0.15, -0.1) is 0 Å². The van der Waals surface area contributed by atoms with E-state index in [1.165, 1.54) is 24.6 Å². The number of hydrogen-bond acceptors (Lipinski definition) is 2. The third-order valence-electron chi connectivity index (χ3n) is 1.73. The molecule has 1 heterocycles. The summed E-state index contributed by atoms with van der Waals surface area (Å²) in [6.07, 6.45) is 1.19. The molecule has 1 aliphatic heterocycles. The molecule has 0 aromatic heterocycles. The molecule has 1 aromatic carbocycles. The summed E-state index contributed by atoms with van der Waals surface area (Å²) in [5, 5.41) is 3.30. The van der Waals surface area contributed by atoms with Crippen LogP contribution in [0.4, 0.5) is 5.69 Å². The molecule has 1 aliphatic rings. The summed E-state index contributed by atoms with van der Waals surface area (Å²) >= 11 is 0. The van der Waals surface area contributed by atoms with Crippen LogP contribution in [0.1, 0.15) is 12.5 Å². The molecule has 0 bridgehead atoms. The maximum Gasteiger partial charge on any atom is 0.214 e. The maximum atomic E-state index is 9.22. The minimum Gasteiger partial charge on any atom is -0.384 e. The summed E-state index contributed by atoms with van der Waals surface area (Å²) in [4.78, 5) is 9.22. The molecule has 0 spiro atoms. The van der Waals surface area contributed by atoms with E-state index < -0.39 is 0 Å². The largest absolute Gasteiger partial charge is 0.384 e. The van der Waals surface area contributed by atoms with E-state index in [1.807, 2.05) is 0 Å². The fraction of sp³-hybridized carbons (Fsp3) is 0.300. The number of nitrogens with two attached hydrogens (primary N) is 1. The Labute approximate surface area is 77.9 Å². The zero-order chi connectivity index (χ0) is 9.68. The second kappa shape index (κ2) is 4.50. The van der Waals surface area contributed by atoms with Crippen LogP contribution in [0.3, 0.4) is 0 Å². The first kappa shape index (κ1) is 9.58. The molecule has 0 radical (unpaired) electrons. The number of para-hydroxylation sites is 1. The molecule has 70 valence electrons. The zero-order valence-electron chi connectivity index (χ0n) is 7.71. The molecule has 13 heavy (non-hydrogen) atoms. The van der Waals surface area contributed by atoms with Gasteiger partial charge in [-0.3, -0.25) is 4.79 Å².